The third-order valence-electron chi connectivity index (χ3n) is 10.3. The number of nitrogens with zero attached hydrogens (tertiary/aromatic N) is 2. The lowest BCUT2D eigenvalue weighted by Crippen LogP contribution is -2.16. The number of aromatic nitrogens is 1. The molecule has 51 heavy (non-hydrogen) atoms. The van der Waals surface area contributed by atoms with E-state index in [-0.39, 0.29) is 6.04 Å². The van der Waals surface area contributed by atoms with Crippen molar-refractivity contribution in [3.05, 3.63) is 194 Å². The van der Waals surface area contributed by atoms with Gasteiger partial charge in [-0.25, -0.2) is 0 Å². The number of hydrogen-bond donors (Lipinski definition) is 0. The number of benzene rings is 7. The smallest absolute Gasteiger partial charge is 0.153 e. The molecule has 0 fully saturated rings. The van der Waals surface area contributed by atoms with Crippen molar-refractivity contribution in [3.8, 4) is 33.8 Å². The first-order chi connectivity index (χ1) is 25.3. The first kappa shape index (κ1) is 29.3. The lowest BCUT2D eigenvalue weighted by Gasteiger charge is -2.33. The Kier molecular flexibility index (Phi) is 6.95. The van der Waals surface area contributed by atoms with Crippen molar-refractivity contribution in [3.63, 3.8) is 0 Å². The van der Waals surface area contributed by atoms with Crippen LogP contribution in [0.2, 0.25) is 0 Å². The molecule has 7 aromatic carbocycles. The minimum atomic E-state index is 0.136. The molecule has 8 aromatic rings. The van der Waals surface area contributed by atoms with E-state index in [4.69, 9.17) is 4.74 Å². The van der Waals surface area contributed by atoms with Gasteiger partial charge in [0, 0.05) is 28.0 Å². The highest BCUT2D eigenvalue weighted by Crippen LogP contribution is 2.52. The summed E-state index contributed by atoms with van der Waals surface area (Å²) in [4.78, 5) is 2.32. The van der Waals surface area contributed by atoms with Crippen LogP contribution in [0, 0.1) is 0 Å². The Bertz CT molecular complexity index is 2650. The van der Waals surface area contributed by atoms with Crippen molar-refractivity contribution < 1.29 is 4.74 Å². The highest BCUT2D eigenvalue weighted by Gasteiger charge is 2.29. The molecule has 2 aliphatic rings. The van der Waals surface area contributed by atoms with Crippen LogP contribution >= 0.6 is 0 Å². The third kappa shape index (κ3) is 5.05. The minimum Gasteiger partial charge on any atom is -0.453 e. The second-order valence-electron chi connectivity index (χ2n) is 13.3. The molecule has 10 rings (SSSR count). The minimum absolute atomic E-state index is 0.136. The summed E-state index contributed by atoms with van der Waals surface area (Å²) in [6, 6.07) is 60.8. The van der Waals surface area contributed by atoms with Crippen LogP contribution in [0.25, 0.3) is 49.6 Å². The van der Waals surface area contributed by atoms with Gasteiger partial charge in [0.25, 0.3) is 0 Å². The van der Waals surface area contributed by atoms with E-state index in [1.165, 1.54) is 55.2 Å². The SMILES string of the molecule is C1=CC(n2c3ccccc3c3cc4c(cc32)Oc2ccccc2N4c2ccccc2)CC(c2cccc(-c3cccc(-c4ccccc4)c3)c2)=C1. The van der Waals surface area contributed by atoms with Gasteiger partial charge in [0.1, 0.15) is 0 Å². The summed E-state index contributed by atoms with van der Waals surface area (Å²) in [6.45, 7) is 0. The molecule has 0 spiro atoms. The van der Waals surface area contributed by atoms with Gasteiger partial charge in [-0.2, -0.15) is 0 Å². The molecule has 0 bridgehead atoms. The van der Waals surface area contributed by atoms with Gasteiger partial charge in [0.05, 0.1) is 22.9 Å². The van der Waals surface area contributed by atoms with Crippen LogP contribution in [0.15, 0.2) is 188 Å². The average molecular weight is 655 g/mol. The molecule has 1 aliphatic heterocycles. The van der Waals surface area contributed by atoms with Crippen molar-refractivity contribution in [2.24, 2.45) is 0 Å². The fourth-order valence-electron chi connectivity index (χ4n) is 7.92. The topological polar surface area (TPSA) is 17.4 Å². The van der Waals surface area contributed by atoms with Gasteiger partial charge in [0.15, 0.2) is 11.5 Å². The van der Waals surface area contributed by atoms with E-state index in [9.17, 15) is 0 Å². The molecular formula is C48H34N2O. The summed E-state index contributed by atoms with van der Waals surface area (Å²) in [7, 11) is 0. The van der Waals surface area contributed by atoms with Crippen LogP contribution in [0.4, 0.5) is 17.1 Å². The second-order valence-corrected chi connectivity index (χ2v) is 13.3. The molecule has 0 saturated carbocycles. The molecule has 3 nitrogen and oxygen atoms in total. The van der Waals surface area contributed by atoms with Crippen LogP contribution < -0.4 is 9.64 Å². The Morgan fingerprint density at radius 1 is 0.471 bits per heavy atom. The number of rotatable bonds is 5. The molecule has 1 atom stereocenters. The molecule has 2 heterocycles. The van der Waals surface area contributed by atoms with Crippen LogP contribution in [0.1, 0.15) is 18.0 Å². The Morgan fingerprint density at radius 2 is 1.12 bits per heavy atom. The summed E-state index contributed by atoms with van der Waals surface area (Å²) in [5.74, 6) is 1.71. The van der Waals surface area contributed by atoms with Crippen molar-refractivity contribution in [1.29, 1.82) is 0 Å². The molecule has 0 radical (unpaired) electrons. The van der Waals surface area contributed by atoms with Crippen molar-refractivity contribution in [2.75, 3.05) is 4.90 Å². The van der Waals surface area contributed by atoms with Crippen LogP contribution in [0.5, 0.6) is 11.5 Å². The van der Waals surface area contributed by atoms with E-state index < -0.39 is 0 Å². The summed E-state index contributed by atoms with van der Waals surface area (Å²) in [6.07, 6.45) is 7.74. The average Bonchev–Trinajstić information content (AvgIpc) is 3.53. The van der Waals surface area contributed by atoms with Crippen LogP contribution in [-0.2, 0) is 0 Å². The summed E-state index contributed by atoms with van der Waals surface area (Å²) in [5.41, 5.74) is 13.1. The van der Waals surface area contributed by atoms with Gasteiger partial charge in [0.2, 0.25) is 0 Å². The number of ether oxygens (including phenoxy) is 1. The van der Waals surface area contributed by atoms with E-state index in [0.717, 1.165) is 35.0 Å². The maximum absolute atomic E-state index is 6.67. The second kappa shape index (κ2) is 12.1. The highest BCUT2D eigenvalue weighted by atomic mass is 16.5. The zero-order valence-electron chi connectivity index (χ0n) is 28.0. The number of allylic oxidation sites excluding steroid dienone is 4. The summed E-state index contributed by atoms with van der Waals surface area (Å²) >= 11 is 0. The molecule has 1 aliphatic carbocycles. The number of fused-ring (bicyclic) bond motifs is 5. The standard InChI is InChI=1S/C48H34N2O/c1-3-14-33(15-4-1)34-16-11-17-35(28-34)36-18-12-19-37(29-36)38-20-13-23-40(30-38)50-43-25-8-7-24-41(43)42-31-46-48(32-45(42)50)51-47-27-10-9-26-44(47)49(46)39-21-5-2-6-22-39/h1-29,31-32,40H,30H2. The van der Waals surface area contributed by atoms with Gasteiger partial charge in [-0.3, -0.25) is 0 Å². The largest absolute Gasteiger partial charge is 0.453 e. The fraction of sp³-hybridized carbons (Fsp3) is 0.0417. The Morgan fingerprint density at radius 3 is 1.94 bits per heavy atom. The summed E-state index contributed by atoms with van der Waals surface area (Å²) < 4.78 is 9.19. The van der Waals surface area contributed by atoms with Gasteiger partial charge in [-0.15, -0.1) is 0 Å². The predicted molar refractivity (Wildman–Crippen MR) is 212 cm³/mol. The van der Waals surface area contributed by atoms with Gasteiger partial charge < -0.3 is 14.2 Å². The maximum Gasteiger partial charge on any atom is 0.153 e. The number of anilines is 3. The first-order valence-corrected chi connectivity index (χ1v) is 17.6. The number of para-hydroxylation sites is 4. The maximum atomic E-state index is 6.67. The van der Waals surface area contributed by atoms with Crippen molar-refractivity contribution in [2.45, 2.75) is 12.5 Å². The van der Waals surface area contributed by atoms with Crippen LogP contribution in [-0.4, -0.2) is 4.57 Å². The first-order valence-electron chi connectivity index (χ1n) is 17.6. The van der Waals surface area contributed by atoms with E-state index >= 15 is 0 Å². The van der Waals surface area contributed by atoms with Crippen LogP contribution in [0.3, 0.4) is 0 Å². The molecule has 0 N–H and O–H groups in total. The highest BCUT2D eigenvalue weighted by molar-refractivity contribution is 6.11. The van der Waals surface area contributed by atoms with E-state index in [1.54, 1.807) is 0 Å². The van der Waals surface area contributed by atoms with Gasteiger partial charge in [-0.1, -0.05) is 133 Å². The predicted octanol–water partition coefficient (Wildman–Crippen LogP) is 13.3. The van der Waals surface area contributed by atoms with E-state index in [2.05, 4.69) is 191 Å². The molecule has 1 unspecified atom stereocenters. The quantitative estimate of drug-likeness (QED) is 0.184. The molecule has 3 heteroatoms. The number of hydrogen-bond acceptors (Lipinski definition) is 2. The van der Waals surface area contributed by atoms with E-state index in [0.29, 0.717) is 0 Å². The van der Waals surface area contributed by atoms with E-state index in [1.807, 2.05) is 6.07 Å². The fourth-order valence-corrected chi connectivity index (χ4v) is 7.92. The zero-order valence-corrected chi connectivity index (χ0v) is 28.0. The van der Waals surface area contributed by atoms with Crippen molar-refractivity contribution >= 4 is 44.4 Å². The molecule has 242 valence electrons. The molecule has 1 aromatic heterocycles. The Balaban J connectivity index is 1.05. The van der Waals surface area contributed by atoms with Crippen molar-refractivity contribution in [1.82, 2.24) is 4.57 Å². The lowest BCUT2D eigenvalue weighted by atomic mass is 9.91. The molecular weight excluding hydrogens is 621 g/mol. The van der Waals surface area contributed by atoms with Gasteiger partial charge in [-0.05, 0) is 88.3 Å². The molecule has 0 amide bonds. The monoisotopic (exact) mass is 654 g/mol. The zero-order chi connectivity index (χ0) is 33.7. The normalized spacial score (nSPS) is 14.9. The summed E-state index contributed by atoms with van der Waals surface area (Å²) in [5, 5.41) is 2.46. The Hall–Kier alpha value is -6.58. The molecule has 0 saturated heterocycles. The Labute approximate surface area is 297 Å². The third-order valence-corrected chi connectivity index (χ3v) is 10.3. The lowest BCUT2D eigenvalue weighted by molar-refractivity contribution is 0.477. The van der Waals surface area contributed by atoms with Gasteiger partial charge >= 0.3 is 0 Å².